The quantitative estimate of drug-likeness (QED) is 0.433. The number of allylic oxidation sites excluding steroid dienone is 1. The maximum absolute atomic E-state index is 11.1. The van der Waals surface area contributed by atoms with Gasteiger partial charge in [0.25, 0.3) is 0 Å². The van der Waals surface area contributed by atoms with Crippen molar-refractivity contribution < 1.29 is 9.90 Å². The van der Waals surface area contributed by atoms with Crippen LogP contribution in [0.5, 0.6) is 0 Å². The van der Waals surface area contributed by atoms with Crippen molar-refractivity contribution in [3.63, 3.8) is 0 Å². The van der Waals surface area contributed by atoms with E-state index in [9.17, 15) is 4.79 Å². The minimum absolute atomic E-state index is 0.477. The molecule has 0 aliphatic heterocycles. The summed E-state index contributed by atoms with van der Waals surface area (Å²) in [5.41, 5.74) is 11.9. The molecule has 0 radical (unpaired) electrons. The minimum atomic E-state index is -0.898. The molecule has 23 heavy (non-hydrogen) atoms. The van der Waals surface area contributed by atoms with Crippen molar-refractivity contribution in [2.24, 2.45) is 16.5 Å². The molecule has 0 saturated heterocycles. The Bertz CT molecular complexity index is 513. The lowest BCUT2D eigenvalue weighted by Gasteiger charge is -2.06. The second-order valence-corrected chi connectivity index (χ2v) is 4.71. The molecule has 1 unspecified atom stereocenters. The molecule has 0 spiro atoms. The number of hydrogen-bond acceptors (Lipinski definition) is 4. The van der Waals surface area contributed by atoms with E-state index in [0.717, 1.165) is 23.9 Å². The number of nitrogens with zero attached hydrogens (tertiary/aromatic N) is 1. The Labute approximate surface area is 137 Å². The molecule has 0 amide bonds. The number of carbonyl (C=O) groups is 1. The molecule has 1 aromatic rings. The van der Waals surface area contributed by atoms with E-state index in [1.165, 1.54) is 0 Å². The van der Waals surface area contributed by atoms with Crippen molar-refractivity contribution in [1.29, 1.82) is 5.41 Å². The standard InChI is InChI=1S/C16H22N2O2.CH4N2/c1-2-13(11-14-7-4-3-5-8-14)12-18-15(16(19)20)9-6-10-17;2-1-3/h3-5,7-8,11-12,15H,2,6,9-10,17H2,1H3,(H,19,20);1H,(H3,2,3)/b13-11+,18-12?;. The molecule has 1 aromatic carbocycles. The van der Waals surface area contributed by atoms with Crippen LogP contribution in [-0.4, -0.2) is 36.2 Å². The van der Waals surface area contributed by atoms with E-state index in [4.69, 9.17) is 16.2 Å². The van der Waals surface area contributed by atoms with Crippen LogP contribution in [0, 0.1) is 5.41 Å². The summed E-state index contributed by atoms with van der Waals surface area (Å²) in [6.45, 7) is 2.51. The van der Waals surface area contributed by atoms with Gasteiger partial charge >= 0.3 is 5.97 Å². The van der Waals surface area contributed by atoms with Crippen LogP contribution in [0.15, 0.2) is 40.9 Å². The van der Waals surface area contributed by atoms with E-state index >= 15 is 0 Å². The Morgan fingerprint density at radius 2 is 2.00 bits per heavy atom. The first-order chi connectivity index (χ1) is 11.1. The molecule has 6 heteroatoms. The molecule has 1 atom stereocenters. The summed E-state index contributed by atoms with van der Waals surface area (Å²) >= 11 is 0. The van der Waals surface area contributed by atoms with E-state index in [1.807, 2.05) is 43.3 Å². The van der Waals surface area contributed by atoms with Crippen molar-refractivity contribution in [3.8, 4) is 0 Å². The zero-order valence-electron chi connectivity index (χ0n) is 13.5. The number of nitrogens with one attached hydrogen (secondary N) is 1. The molecule has 1 rings (SSSR count). The van der Waals surface area contributed by atoms with Crippen LogP contribution in [0.25, 0.3) is 6.08 Å². The van der Waals surface area contributed by atoms with Gasteiger partial charge in [-0.05, 0) is 36.9 Å². The predicted octanol–water partition coefficient (Wildman–Crippen LogP) is 2.30. The van der Waals surface area contributed by atoms with E-state index in [2.05, 4.69) is 10.7 Å². The van der Waals surface area contributed by atoms with Gasteiger partial charge in [0.1, 0.15) is 6.04 Å². The van der Waals surface area contributed by atoms with Gasteiger partial charge in [0.15, 0.2) is 0 Å². The van der Waals surface area contributed by atoms with Gasteiger partial charge in [0.05, 0.1) is 6.34 Å². The first kappa shape index (κ1) is 20.5. The van der Waals surface area contributed by atoms with Crippen molar-refractivity contribution in [2.45, 2.75) is 32.2 Å². The molecular weight excluding hydrogens is 292 g/mol. The normalized spacial score (nSPS) is 12.3. The van der Waals surface area contributed by atoms with Crippen LogP contribution in [-0.2, 0) is 4.79 Å². The number of aliphatic imine (C=N–C) groups is 1. The van der Waals surface area contributed by atoms with Gasteiger partial charge in [-0.2, -0.15) is 0 Å². The monoisotopic (exact) mass is 318 g/mol. The maximum Gasteiger partial charge on any atom is 0.328 e. The van der Waals surface area contributed by atoms with E-state index in [0.29, 0.717) is 19.4 Å². The summed E-state index contributed by atoms with van der Waals surface area (Å²) in [6, 6.07) is 9.21. The highest BCUT2D eigenvalue weighted by molar-refractivity contribution is 5.87. The molecule has 6 nitrogen and oxygen atoms in total. The fraction of sp³-hybridized carbons (Fsp3) is 0.353. The molecular formula is C17H26N4O2. The topological polar surface area (TPSA) is 126 Å². The average Bonchev–Trinajstić information content (AvgIpc) is 2.55. The second-order valence-electron chi connectivity index (χ2n) is 4.71. The third-order valence-electron chi connectivity index (χ3n) is 2.95. The van der Waals surface area contributed by atoms with Crippen LogP contribution in [0.1, 0.15) is 31.7 Å². The average molecular weight is 318 g/mol. The summed E-state index contributed by atoms with van der Waals surface area (Å²) in [4.78, 5) is 15.3. The molecule has 0 aliphatic rings. The Balaban J connectivity index is 0.00000149. The van der Waals surface area contributed by atoms with Crippen LogP contribution in [0.3, 0.4) is 0 Å². The van der Waals surface area contributed by atoms with E-state index in [1.54, 1.807) is 6.21 Å². The molecule has 0 saturated carbocycles. The lowest BCUT2D eigenvalue weighted by Crippen LogP contribution is -2.19. The van der Waals surface area contributed by atoms with Crippen LogP contribution in [0.4, 0.5) is 0 Å². The number of carboxylic acid groups (broad SMARTS) is 1. The smallest absolute Gasteiger partial charge is 0.328 e. The predicted molar refractivity (Wildman–Crippen MR) is 95.9 cm³/mol. The third-order valence-corrected chi connectivity index (χ3v) is 2.95. The van der Waals surface area contributed by atoms with Gasteiger partial charge < -0.3 is 16.6 Å². The van der Waals surface area contributed by atoms with Crippen LogP contribution >= 0.6 is 0 Å². The summed E-state index contributed by atoms with van der Waals surface area (Å²) in [6.07, 6.45) is 6.39. The fourth-order valence-electron chi connectivity index (χ4n) is 1.75. The summed E-state index contributed by atoms with van der Waals surface area (Å²) in [5, 5.41) is 15.0. The number of rotatable bonds is 8. The second kappa shape index (κ2) is 13.2. The molecule has 0 aromatic heterocycles. The third kappa shape index (κ3) is 9.97. The highest BCUT2D eigenvalue weighted by Gasteiger charge is 2.14. The van der Waals surface area contributed by atoms with Crippen molar-refractivity contribution >= 4 is 24.6 Å². The van der Waals surface area contributed by atoms with Gasteiger partial charge in [0, 0.05) is 6.21 Å². The highest BCUT2D eigenvalue weighted by atomic mass is 16.4. The van der Waals surface area contributed by atoms with Gasteiger partial charge in [-0.3, -0.25) is 10.4 Å². The Kier molecular flexibility index (Phi) is 11.8. The number of hydrogen-bond donors (Lipinski definition) is 4. The van der Waals surface area contributed by atoms with Crippen molar-refractivity contribution in [1.82, 2.24) is 0 Å². The summed E-state index contributed by atoms with van der Waals surface area (Å²) in [7, 11) is 0. The van der Waals surface area contributed by atoms with Crippen LogP contribution in [0.2, 0.25) is 0 Å². The molecule has 0 heterocycles. The van der Waals surface area contributed by atoms with E-state index in [-0.39, 0.29) is 0 Å². The zero-order valence-corrected chi connectivity index (χ0v) is 13.5. The number of nitrogens with two attached hydrogens (primary N) is 2. The molecule has 0 aliphatic carbocycles. The minimum Gasteiger partial charge on any atom is -0.480 e. The lowest BCUT2D eigenvalue weighted by molar-refractivity contribution is -0.138. The molecule has 126 valence electrons. The maximum atomic E-state index is 11.1. The molecule has 6 N–H and O–H groups in total. The fourth-order valence-corrected chi connectivity index (χ4v) is 1.75. The first-order valence-electron chi connectivity index (χ1n) is 7.51. The Morgan fingerprint density at radius 3 is 2.48 bits per heavy atom. The summed E-state index contributed by atoms with van der Waals surface area (Å²) in [5.74, 6) is -0.898. The largest absolute Gasteiger partial charge is 0.480 e. The Hall–Kier alpha value is -2.47. The lowest BCUT2D eigenvalue weighted by atomic mass is 10.1. The van der Waals surface area contributed by atoms with Gasteiger partial charge in [-0.1, -0.05) is 43.3 Å². The number of benzene rings is 1. The first-order valence-corrected chi connectivity index (χ1v) is 7.51. The van der Waals surface area contributed by atoms with Gasteiger partial charge in [-0.15, -0.1) is 0 Å². The zero-order chi connectivity index (χ0) is 17.5. The SMILES string of the molecule is CC/C(C=NC(CCCN)C(=O)O)=C\c1ccccc1.N=CN. The van der Waals surface area contributed by atoms with Crippen molar-refractivity contribution in [3.05, 3.63) is 41.5 Å². The molecule has 0 bridgehead atoms. The van der Waals surface area contributed by atoms with Gasteiger partial charge in [-0.25, -0.2) is 4.79 Å². The molecule has 0 fully saturated rings. The Morgan fingerprint density at radius 1 is 1.39 bits per heavy atom. The summed E-state index contributed by atoms with van der Waals surface area (Å²) < 4.78 is 0. The highest BCUT2D eigenvalue weighted by Crippen LogP contribution is 2.09. The van der Waals surface area contributed by atoms with Gasteiger partial charge in [0.2, 0.25) is 0 Å². The number of carboxylic acids is 1. The van der Waals surface area contributed by atoms with Crippen LogP contribution < -0.4 is 11.5 Å². The van der Waals surface area contributed by atoms with E-state index < -0.39 is 12.0 Å². The number of aliphatic carboxylic acids is 1. The van der Waals surface area contributed by atoms with Crippen molar-refractivity contribution in [2.75, 3.05) is 6.54 Å².